The van der Waals surface area contributed by atoms with Crippen LogP contribution in [0.3, 0.4) is 0 Å². The van der Waals surface area contributed by atoms with Crippen molar-refractivity contribution in [3.05, 3.63) is 23.3 Å². The molecule has 0 bridgehead atoms. The summed E-state index contributed by atoms with van der Waals surface area (Å²) in [5.74, 6) is 1.04. The van der Waals surface area contributed by atoms with Gasteiger partial charge in [-0.25, -0.2) is 0 Å². The Hall–Kier alpha value is -1.79. The maximum absolute atomic E-state index is 12.2. The molecule has 0 aliphatic rings. The van der Waals surface area contributed by atoms with Gasteiger partial charge in [-0.15, -0.1) is 0 Å². The highest BCUT2D eigenvalue weighted by molar-refractivity contribution is 5.96. The minimum atomic E-state index is -0.123. The van der Waals surface area contributed by atoms with E-state index in [-0.39, 0.29) is 5.91 Å². The number of benzene rings is 1. The molecule has 0 aromatic heterocycles. The SMILES string of the molecule is COCCNCCNC(=O)c1cc(OC)c(OC)cc1C. The number of ether oxygens (including phenoxy) is 3. The monoisotopic (exact) mass is 296 g/mol. The van der Waals surface area contributed by atoms with Gasteiger partial charge in [0.05, 0.1) is 20.8 Å². The Morgan fingerprint density at radius 3 is 2.33 bits per heavy atom. The number of rotatable bonds is 9. The molecular weight excluding hydrogens is 272 g/mol. The minimum absolute atomic E-state index is 0.123. The zero-order valence-electron chi connectivity index (χ0n) is 13.1. The van der Waals surface area contributed by atoms with Gasteiger partial charge in [0.2, 0.25) is 0 Å². The Balaban J connectivity index is 2.57. The van der Waals surface area contributed by atoms with Crippen molar-refractivity contribution in [1.29, 1.82) is 0 Å². The number of nitrogens with one attached hydrogen (secondary N) is 2. The summed E-state index contributed by atoms with van der Waals surface area (Å²) in [5.41, 5.74) is 1.43. The van der Waals surface area contributed by atoms with Gasteiger partial charge in [0, 0.05) is 32.3 Å². The molecule has 6 nitrogen and oxygen atoms in total. The lowest BCUT2D eigenvalue weighted by Gasteiger charge is -2.13. The largest absolute Gasteiger partial charge is 0.493 e. The van der Waals surface area contributed by atoms with Gasteiger partial charge in [0.15, 0.2) is 11.5 Å². The summed E-state index contributed by atoms with van der Waals surface area (Å²) in [5, 5.41) is 6.03. The first-order chi connectivity index (χ1) is 10.1. The quantitative estimate of drug-likeness (QED) is 0.665. The Bertz CT molecular complexity index is 463. The van der Waals surface area contributed by atoms with Crippen molar-refractivity contribution >= 4 is 5.91 Å². The molecule has 0 saturated carbocycles. The van der Waals surface area contributed by atoms with E-state index >= 15 is 0 Å². The molecule has 1 rings (SSSR count). The summed E-state index contributed by atoms with van der Waals surface area (Å²) >= 11 is 0. The van der Waals surface area contributed by atoms with Crippen LogP contribution in [0, 0.1) is 6.92 Å². The standard InChI is InChI=1S/C15H24N2O4/c1-11-9-13(20-3)14(21-4)10-12(11)15(18)17-6-5-16-7-8-19-2/h9-10,16H,5-8H2,1-4H3,(H,17,18). The molecule has 1 aromatic rings. The van der Waals surface area contributed by atoms with Crippen LogP contribution in [-0.2, 0) is 4.74 Å². The third-order valence-corrected chi connectivity index (χ3v) is 3.05. The zero-order chi connectivity index (χ0) is 15.7. The maximum atomic E-state index is 12.2. The van der Waals surface area contributed by atoms with E-state index in [0.29, 0.717) is 36.8 Å². The second-order valence-electron chi connectivity index (χ2n) is 4.52. The molecule has 0 spiro atoms. The van der Waals surface area contributed by atoms with Gasteiger partial charge in [0.25, 0.3) is 5.91 Å². The summed E-state index contributed by atoms with van der Waals surface area (Å²) in [4.78, 5) is 12.2. The van der Waals surface area contributed by atoms with E-state index in [1.807, 2.05) is 6.92 Å². The van der Waals surface area contributed by atoms with Gasteiger partial charge in [-0.3, -0.25) is 4.79 Å². The van der Waals surface area contributed by atoms with E-state index in [9.17, 15) is 4.79 Å². The van der Waals surface area contributed by atoms with Crippen molar-refractivity contribution in [3.8, 4) is 11.5 Å². The van der Waals surface area contributed by atoms with Gasteiger partial charge in [-0.2, -0.15) is 0 Å². The fourth-order valence-corrected chi connectivity index (χ4v) is 1.88. The molecule has 0 heterocycles. The van der Waals surface area contributed by atoms with Crippen LogP contribution in [0.2, 0.25) is 0 Å². The van der Waals surface area contributed by atoms with Crippen molar-refractivity contribution in [3.63, 3.8) is 0 Å². The molecule has 1 aromatic carbocycles. The number of methoxy groups -OCH3 is 3. The number of hydrogen-bond donors (Lipinski definition) is 2. The lowest BCUT2D eigenvalue weighted by atomic mass is 10.1. The van der Waals surface area contributed by atoms with E-state index in [1.54, 1.807) is 33.5 Å². The van der Waals surface area contributed by atoms with Crippen LogP contribution < -0.4 is 20.1 Å². The highest BCUT2D eigenvalue weighted by Gasteiger charge is 2.13. The Morgan fingerprint density at radius 2 is 1.71 bits per heavy atom. The van der Waals surface area contributed by atoms with Crippen molar-refractivity contribution in [2.45, 2.75) is 6.92 Å². The van der Waals surface area contributed by atoms with Gasteiger partial charge in [-0.05, 0) is 24.6 Å². The summed E-state index contributed by atoms with van der Waals surface area (Å²) in [6.07, 6.45) is 0. The molecule has 118 valence electrons. The molecule has 0 fully saturated rings. The van der Waals surface area contributed by atoms with Crippen molar-refractivity contribution in [2.24, 2.45) is 0 Å². The average Bonchev–Trinajstić information content (AvgIpc) is 2.50. The second kappa shape index (κ2) is 9.20. The third kappa shape index (κ3) is 5.24. The van der Waals surface area contributed by atoms with Gasteiger partial charge in [0.1, 0.15) is 0 Å². The van der Waals surface area contributed by atoms with Crippen LogP contribution in [-0.4, -0.2) is 53.5 Å². The molecule has 21 heavy (non-hydrogen) atoms. The predicted molar refractivity (Wildman–Crippen MR) is 81.4 cm³/mol. The normalized spacial score (nSPS) is 10.3. The van der Waals surface area contributed by atoms with Crippen LogP contribution in [0.1, 0.15) is 15.9 Å². The number of hydrogen-bond acceptors (Lipinski definition) is 5. The topological polar surface area (TPSA) is 68.8 Å². The zero-order valence-corrected chi connectivity index (χ0v) is 13.1. The minimum Gasteiger partial charge on any atom is -0.493 e. The summed E-state index contributed by atoms with van der Waals surface area (Å²) in [6.45, 7) is 4.54. The first-order valence-electron chi connectivity index (χ1n) is 6.84. The molecular formula is C15H24N2O4. The van der Waals surface area contributed by atoms with E-state index in [0.717, 1.165) is 12.1 Å². The Kier molecular flexibility index (Phi) is 7.56. The lowest BCUT2D eigenvalue weighted by molar-refractivity contribution is 0.0952. The first kappa shape index (κ1) is 17.3. The van der Waals surface area contributed by atoms with Crippen LogP contribution in [0.5, 0.6) is 11.5 Å². The van der Waals surface area contributed by atoms with E-state index < -0.39 is 0 Å². The molecule has 0 radical (unpaired) electrons. The van der Waals surface area contributed by atoms with Gasteiger partial charge < -0.3 is 24.8 Å². The lowest BCUT2D eigenvalue weighted by Crippen LogP contribution is -2.33. The number of carbonyl (C=O) groups excluding carboxylic acids is 1. The molecule has 2 N–H and O–H groups in total. The van der Waals surface area contributed by atoms with Crippen LogP contribution in [0.4, 0.5) is 0 Å². The highest BCUT2D eigenvalue weighted by Crippen LogP contribution is 2.30. The number of amides is 1. The summed E-state index contributed by atoms with van der Waals surface area (Å²) in [7, 11) is 4.78. The van der Waals surface area contributed by atoms with E-state index in [2.05, 4.69) is 10.6 Å². The van der Waals surface area contributed by atoms with Gasteiger partial charge >= 0.3 is 0 Å². The van der Waals surface area contributed by atoms with Crippen LogP contribution in [0.15, 0.2) is 12.1 Å². The molecule has 0 atom stereocenters. The predicted octanol–water partition coefficient (Wildman–Crippen LogP) is 0.978. The summed E-state index contributed by atoms with van der Waals surface area (Å²) in [6, 6.07) is 3.49. The average molecular weight is 296 g/mol. The van der Waals surface area contributed by atoms with E-state index in [4.69, 9.17) is 14.2 Å². The smallest absolute Gasteiger partial charge is 0.251 e. The summed E-state index contributed by atoms with van der Waals surface area (Å²) < 4.78 is 15.4. The molecule has 0 saturated heterocycles. The van der Waals surface area contributed by atoms with Crippen LogP contribution >= 0.6 is 0 Å². The van der Waals surface area contributed by atoms with Crippen molar-refractivity contribution in [1.82, 2.24) is 10.6 Å². The molecule has 0 unspecified atom stereocenters. The van der Waals surface area contributed by atoms with E-state index in [1.165, 1.54) is 0 Å². The van der Waals surface area contributed by atoms with Crippen molar-refractivity contribution in [2.75, 3.05) is 47.6 Å². The fraction of sp³-hybridized carbons (Fsp3) is 0.533. The molecule has 0 aliphatic heterocycles. The van der Waals surface area contributed by atoms with Gasteiger partial charge in [-0.1, -0.05) is 0 Å². The maximum Gasteiger partial charge on any atom is 0.251 e. The fourth-order valence-electron chi connectivity index (χ4n) is 1.88. The number of carbonyl (C=O) groups is 1. The molecule has 6 heteroatoms. The molecule has 0 aliphatic carbocycles. The van der Waals surface area contributed by atoms with Crippen LogP contribution in [0.25, 0.3) is 0 Å². The first-order valence-corrected chi connectivity index (χ1v) is 6.84. The highest BCUT2D eigenvalue weighted by atomic mass is 16.5. The Labute approximate surface area is 125 Å². The third-order valence-electron chi connectivity index (χ3n) is 3.05. The Morgan fingerprint density at radius 1 is 1.05 bits per heavy atom. The van der Waals surface area contributed by atoms with Crippen molar-refractivity contribution < 1.29 is 19.0 Å². The number of aryl methyl sites for hydroxylation is 1. The molecule has 1 amide bonds. The second-order valence-corrected chi connectivity index (χ2v) is 4.52.